The maximum Gasteiger partial charge on any atom is 0.289 e. The maximum absolute atomic E-state index is 12.4. The molecule has 1 saturated heterocycles. The lowest BCUT2D eigenvalue weighted by Gasteiger charge is -2.22. The first-order valence-electron chi connectivity index (χ1n) is 6.50. The summed E-state index contributed by atoms with van der Waals surface area (Å²) in [5.41, 5.74) is 2.31. The van der Waals surface area contributed by atoms with Crippen LogP contribution in [0.1, 0.15) is 22.7 Å². The maximum atomic E-state index is 12.4. The van der Waals surface area contributed by atoms with Crippen molar-refractivity contribution < 1.29 is 9.21 Å². The Bertz CT molecular complexity index is 624. The number of nitrogens with zero attached hydrogens (tertiary/aromatic N) is 2. The molecule has 0 aromatic carbocycles. The van der Waals surface area contributed by atoms with Gasteiger partial charge < -0.3 is 14.6 Å². The summed E-state index contributed by atoms with van der Waals surface area (Å²) in [6.45, 7) is 3.73. The average molecular weight is 332 g/mol. The van der Waals surface area contributed by atoms with Crippen molar-refractivity contribution in [3.63, 3.8) is 0 Å². The lowest BCUT2D eigenvalue weighted by atomic mass is 10.2. The molecule has 1 N–H and O–H groups in total. The van der Waals surface area contributed by atoms with Gasteiger partial charge in [0.25, 0.3) is 5.91 Å². The summed E-state index contributed by atoms with van der Waals surface area (Å²) < 4.78 is 5.59. The molecule has 21 heavy (non-hydrogen) atoms. The van der Waals surface area contributed by atoms with Crippen LogP contribution in [0.2, 0.25) is 0 Å². The highest BCUT2D eigenvalue weighted by atomic mass is 35.5. The number of aryl methyl sites for hydroxylation is 1. The Balaban J connectivity index is 0.00000110. The summed E-state index contributed by atoms with van der Waals surface area (Å²) in [5.74, 6) is 0.284. The highest BCUT2D eigenvalue weighted by Gasteiger charge is 2.26. The monoisotopic (exact) mass is 331 g/mol. The molecule has 1 unspecified atom stereocenters. The number of carbonyl (C=O) groups excluding carboxylic acids is 1. The van der Waals surface area contributed by atoms with E-state index in [1.54, 1.807) is 11.0 Å². The number of furan rings is 1. The number of amides is 1. The highest BCUT2D eigenvalue weighted by molar-refractivity contribution is 5.95. The molecule has 1 aliphatic rings. The minimum atomic E-state index is -0.0793. The minimum Gasteiger partial charge on any atom is -0.449 e. The van der Waals surface area contributed by atoms with Gasteiger partial charge in [-0.2, -0.15) is 0 Å². The third kappa shape index (κ3) is 3.48. The molecule has 1 fully saturated rings. The van der Waals surface area contributed by atoms with Crippen LogP contribution in [0.15, 0.2) is 22.6 Å². The van der Waals surface area contributed by atoms with E-state index in [4.69, 9.17) is 4.42 Å². The van der Waals surface area contributed by atoms with Crippen LogP contribution >= 0.6 is 24.8 Å². The first-order chi connectivity index (χ1) is 9.15. The second-order valence-corrected chi connectivity index (χ2v) is 5.01. The zero-order chi connectivity index (χ0) is 13.4. The van der Waals surface area contributed by atoms with E-state index in [-0.39, 0.29) is 36.8 Å². The van der Waals surface area contributed by atoms with Crippen molar-refractivity contribution in [2.45, 2.75) is 19.4 Å². The predicted octanol–water partition coefficient (Wildman–Crippen LogP) is 2.41. The molecule has 3 heterocycles. The molecule has 3 rings (SSSR count). The van der Waals surface area contributed by atoms with Gasteiger partial charge in [0.2, 0.25) is 0 Å². The van der Waals surface area contributed by atoms with Crippen LogP contribution in [0.25, 0.3) is 11.1 Å². The summed E-state index contributed by atoms with van der Waals surface area (Å²) in [7, 11) is 1.83. The van der Waals surface area contributed by atoms with Crippen molar-refractivity contribution in [3.05, 3.63) is 29.7 Å². The van der Waals surface area contributed by atoms with E-state index >= 15 is 0 Å². The first kappa shape index (κ1) is 17.8. The van der Waals surface area contributed by atoms with Crippen LogP contribution in [0.5, 0.6) is 0 Å². The summed E-state index contributed by atoms with van der Waals surface area (Å²) in [6.07, 6.45) is 0.986. The van der Waals surface area contributed by atoms with Gasteiger partial charge in [-0.25, -0.2) is 4.98 Å². The normalized spacial score (nSPS) is 17.1. The quantitative estimate of drug-likeness (QED) is 0.918. The lowest BCUT2D eigenvalue weighted by molar-refractivity contribution is 0.0714. The number of pyridine rings is 1. The second kappa shape index (κ2) is 7.11. The summed E-state index contributed by atoms with van der Waals surface area (Å²) in [4.78, 5) is 18.5. The number of halogens is 2. The van der Waals surface area contributed by atoms with Gasteiger partial charge in [0, 0.05) is 31.4 Å². The Kier molecular flexibility index (Phi) is 6.01. The van der Waals surface area contributed by atoms with Gasteiger partial charge >= 0.3 is 0 Å². The number of fused-ring (bicyclic) bond motifs is 1. The molecule has 0 radical (unpaired) electrons. The van der Waals surface area contributed by atoms with Gasteiger partial charge in [-0.05, 0) is 32.0 Å². The van der Waals surface area contributed by atoms with E-state index in [1.807, 2.05) is 26.1 Å². The molecule has 7 heteroatoms. The van der Waals surface area contributed by atoms with Crippen molar-refractivity contribution in [3.8, 4) is 0 Å². The molecule has 5 nitrogen and oxygen atoms in total. The summed E-state index contributed by atoms with van der Waals surface area (Å²) in [6, 6.07) is 5.70. The van der Waals surface area contributed by atoms with Crippen molar-refractivity contribution >= 4 is 41.8 Å². The third-order valence-corrected chi connectivity index (χ3v) is 3.63. The third-order valence-electron chi connectivity index (χ3n) is 3.63. The largest absolute Gasteiger partial charge is 0.449 e. The Morgan fingerprint density at radius 2 is 2.19 bits per heavy atom. The molecule has 1 amide bonds. The number of hydrogen-bond donors (Lipinski definition) is 1. The van der Waals surface area contributed by atoms with E-state index in [2.05, 4.69) is 10.3 Å². The van der Waals surface area contributed by atoms with Crippen LogP contribution in [0, 0.1) is 6.92 Å². The number of nitrogens with one attached hydrogen (secondary N) is 1. The van der Waals surface area contributed by atoms with Gasteiger partial charge in [0.15, 0.2) is 11.3 Å². The number of carbonyl (C=O) groups is 1. The lowest BCUT2D eigenvalue weighted by Crippen LogP contribution is -2.38. The zero-order valence-corrected chi connectivity index (χ0v) is 13.6. The topological polar surface area (TPSA) is 58.4 Å². The van der Waals surface area contributed by atoms with Crippen LogP contribution < -0.4 is 5.32 Å². The number of aromatic nitrogens is 1. The van der Waals surface area contributed by atoms with Gasteiger partial charge in [-0.15, -0.1) is 24.8 Å². The molecule has 116 valence electrons. The Morgan fingerprint density at radius 3 is 2.86 bits per heavy atom. The van der Waals surface area contributed by atoms with Crippen LogP contribution in [0.4, 0.5) is 0 Å². The Morgan fingerprint density at radius 1 is 1.43 bits per heavy atom. The highest BCUT2D eigenvalue weighted by Crippen LogP contribution is 2.20. The fourth-order valence-corrected chi connectivity index (χ4v) is 2.44. The van der Waals surface area contributed by atoms with Crippen LogP contribution in [-0.4, -0.2) is 42.0 Å². The molecular formula is C14H19Cl2N3O2. The molecule has 1 atom stereocenters. The van der Waals surface area contributed by atoms with E-state index < -0.39 is 0 Å². The van der Waals surface area contributed by atoms with Crippen LogP contribution in [-0.2, 0) is 0 Å². The molecule has 1 aliphatic heterocycles. The van der Waals surface area contributed by atoms with E-state index in [0.717, 1.165) is 30.7 Å². The first-order valence-corrected chi connectivity index (χ1v) is 6.50. The summed E-state index contributed by atoms with van der Waals surface area (Å²) in [5, 5.41) is 3.26. The molecule has 0 saturated carbocycles. The van der Waals surface area contributed by atoms with Crippen molar-refractivity contribution in [2.75, 3.05) is 20.1 Å². The van der Waals surface area contributed by atoms with Crippen molar-refractivity contribution in [1.82, 2.24) is 15.2 Å². The van der Waals surface area contributed by atoms with Gasteiger partial charge in [-0.3, -0.25) is 4.79 Å². The standard InChI is InChI=1S/C14H17N3O2.2ClH/c1-9-3-4-12-11(16-9)7-13(19-12)14(18)17(2)10-5-6-15-8-10;;/h3-4,7,10,15H,5-6,8H2,1-2H3;2*1H. The predicted molar refractivity (Wildman–Crippen MR) is 86.6 cm³/mol. The van der Waals surface area contributed by atoms with E-state index in [0.29, 0.717) is 11.3 Å². The van der Waals surface area contributed by atoms with Gasteiger partial charge in [0.05, 0.1) is 0 Å². The molecule has 0 aliphatic carbocycles. The van der Waals surface area contributed by atoms with Crippen molar-refractivity contribution in [2.24, 2.45) is 0 Å². The summed E-state index contributed by atoms with van der Waals surface area (Å²) >= 11 is 0. The fourth-order valence-electron chi connectivity index (χ4n) is 2.44. The van der Waals surface area contributed by atoms with E-state index in [9.17, 15) is 4.79 Å². The van der Waals surface area contributed by atoms with Crippen molar-refractivity contribution in [1.29, 1.82) is 0 Å². The molecule has 2 aromatic rings. The molecule has 0 bridgehead atoms. The van der Waals surface area contributed by atoms with Gasteiger partial charge in [0.1, 0.15) is 5.52 Å². The minimum absolute atomic E-state index is 0. The van der Waals surface area contributed by atoms with Crippen LogP contribution in [0.3, 0.4) is 0 Å². The average Bonchev–Trinajstić information content (AvgIpc) is 3.05. The second-order valence-electron chi connectivity index (χ2n) is 5.01. The van der Waals surface area contributed by atoms with E-state index in [1.165, 1.54) is 0 Å². The smallest absolute Gasteiger partial charge is 0.289 e. The molecule has 0 spiro atoms. The molecule has 2 aromatic heterocycles. The number of likely N-dealkylation sites (N-methyl/N-ethyl adjacent to an activating group) is 1. The number of rotatable bonds is 2. The van der Waals surface area contributed by atoms with Gasteiger partial charge in [-0.1, -0.05) is 0 Å². The SMILES string of the molecule is Cc1ccc2oc(C(=O)N(C)C3CCNC3)cc2n1.Cl.Cl. The fraction of sp³-hybridized carbons (Fsp3) is 0.429. The number of hydrogen-bond acceptors (Lipinski definition) is 4. The zero-order valence-electron chi connectivity index (χ0n) is 12.0. The Labute approximate surface area is 135 Å². The Hall–Kier alpha value is -1.30. The molecular weight excluding hydrogens is 313 g/mol.